The summed E-state index contributed by atoms with van der Waals surface area (Å²) in [5, 5.41) is 0. The zero-order valence-electron chi connectivity index (χ0n) is 16.8. The molecule has 0 fully saturated rings. The zero-order chi connectivity index (χ0) is 18.5. The van der Waals surface area contributed by atoms with Crippen molar-refractivity contribution in [2.24, 2.45) is 0 Å². The molecule has 1 nitrogen and oxygen atoms in total. The smallest absolute Gasteiger partial charge is 0.130 e. The van der Waals surface area contributed by atoms with Crippen molar-refractivity contribution in [1.29, 1.82) is 0 Å². The Balaban J connectivity index is 1.99. The highest BCUT2D eigenvalue weighted by Crippen LogP contribution is 2.30. The molecule has 0 spiro atoms. The van der Waals surface area contributed by atoms with Gasteiger partial charge in [0.15, 0.2) is 0 Å². The van der Waals surface area contributed by atoms with E-state index in [-0.39, 0.29) is 0 Å². The largest absolute Gasteiger partial charge is 0.457 e. The molecule has 0 aliphatic carbocycles. The van der Waals surface area contributed by atoms with E-state index in [1.54, 1.807) is 0 Å². The summed E-state index contributed by atoms with van der Waals surface area (Å²) in [5.41, 5.74) is 2.91. The van der Waals surface area contributed by atoms with Crippen LogP contribution in [0.2, 0.25) is 0 Å². The van der Waals surface area contributed by atoms with Gasteiger partial charge in [0, 0.05) is 0 Å². The summed E-state index contributed by atoms with van der Waals surface area (Å²) in [6.45, 7) is 4.54. The predicted molar refractivity (Wildman–Crippen MR) is 113 cm³/mol. The molecule has 2 aromatic carbocycles. The molecule has 0 saturated heterocycles. The lowest BCUT2D eigenvalue weighted by Gasteiger charge is -2.16. The number of aryl methyl sites for hydroxylation is 1. The van der Waals surface area contributed by atoms with Gasteiger partial charge < -0.3 is 4.74 Å². The fourth-order valence-electron chi connectivity index (χ4n) is 3.47. The third-order valence-corrected chi connectivity index (χ3v) is 5.03. The van der Waals surface area contributed by atoms with Crippen molar-refractivity contribution in [3.8, 4) is 11.5 Å². The van der Waals surface area contributed by atoms with Gasteiger partial charge in [-0.25, -0.2) is 0 Å². The maximum Gasteiger partial charge on any atom is 0.130 e. The molecular weight excluding hydrogens is 316 g/mol. The summed E-state index contributed by atoms with van der Waals surface area (Å²) >= 11 is 0. The maximum atomic E-state index is 6.24. The summed E-state index contributed by atoms with van der Waals surface area (Å²) in [4.78, 5) is 0. The van der Waals surface area contributed by atoms with Crippen LogP contribution in [-0.2, 0) is 12.8 Å². The molecule has 142 valence electrons. The van der Waals surface area contributed by atoms with E-state index < -0.39 is 0 Å². The lowest BCUT2D eigenvalue weighted by Crippen LogP contribution is -1.99. The fraction of sp³-hybridized carbons (Fsp3) is 0.520. The quantitative estimate of drug-likeness (QED) is 0.331. The first-order valence-corrected chi connectivity index (χ1v) is 10.7. The van der Waals surface area contributed by atoms with E-state index in [0.717, 1.165) is 24.3 Å². The minimum atomic E-state index is 0.931. The minimum Gasteiger partial charge on any atom is -0.457 e. The highest BCUT2D eigenvalue weighted by Gasteiger charge is 2.10. The fourth-order valence-corrected chi connectivity index (χ4v) is 3.47. The van der Waals surface area contributed by atoms with Crippen LogP contribution in [0.3, 0.4) is 0 Å². The Hall–Kier alpha value is -1.76. The number of rotatable bonds is 13. The average molecular weight is 353 g/mol. The Morgan fingerprint density at radius 1 is 0.615 bits per heavy atom. The normalized spacial score (nSPS) is 10.8. The topological polar surface area (TPSA) is 9.23 Å². The van der Waals surface area contributed by atoms with Crippen molar-refractivity contribution in [3.05, 3.63) is 59.7 Å². The van der Waals surface area contributed by atoms with Crippen LogP contribution in [0.4, 0.5) is 0 Å². The first kappa shape index (κ1) is 20.6. The monoisotopic (exact) mass is 352 g/mol. The van der Waals surface area contributed by atoms with Crippen LogP contribution in [-0.4, -0.2) is 0 Å². The molecule has 0 N–H and O–H groups in total. The van der Waals surface area contributed by atoms with Gasteiger partial charge in [-0.15, -0.1) is 0 Å². The van der Waals surface area contributed by atoms with Crippen molar-refractivity contribution >= 4 is 0 Å². The molecule has 0 aliphatic heterocycles. The van der Waals surface area contributed by atoms with E-state index in [1.807, 2.05) is 30.3 Å². The van der Waals surface area contributed by atoms with Crippen LogP contribution >= 0.6 is 0 Å². The summed E-state index contributed by atoms with van der Waals surface area (Å²) in [7, 11) is 0. The molecule has 0 saturated carbocycles. The average Bonchev–Trinajstić information content (AvgIpc) is 2.67. The Bertz CT molecular complexity index is 603. The van der Waals surface area contributed by atoms with Gasteiger partial charge in [-0.2, -0.15) is 0 Å². The highest BCUT2D eigenvalue weighted by atomic mass is 16.5. The SMILES string of the molecule is CCCCCCCCCc1c(CCCC)cccc1Oc1ccccc1. The van der Waals surface area contributed by atoms with Gasteiger partial charge in [0.05, 0.1) is 0 Å². The van der Waals surface area contributed by atoms with Crippen molar-refractivity contribution in [2.45, 2.75) is 84.5 Å². The van der Waals surface area contributed by atoms with Crippen molar-refractivity contribution < 1.29 is 4.74 Å². The van der Waals surface area contributed by atoms with Crippen LogP contribution in [0.15, 0.2) is 48.5 Å². The van der Waals surface area contributed by atoms with E-state index in [4.69, 9.17) is 4.74 Å². The standard InChI is InChI=1S/C25H36O/c1-3-5-7-8-9-10-14-20-24-22(16-6-4-2)17-15-21-25(24)26-23-18-12-11-13-19-23/h11-13,15,17-19,21H,3-10,14,16,20H2,1-2H3. The second-order valence-corrected chi connectivity index (χ2v) is 7.28. The van der Waals surface area contributed by atoms with E-state index in [1.165, 1.54) is 68.9 Å². The Morgan fingerprint density at radius 2 is 1.31 bits per heavy atom. The second kappa shape index (κ2) is 12.6. The number of para-hydroxylation sites is 1. The van der Waals surface area contributed by atoms with Gasteiger partial charge in [-0.3, -0.25) is 0 Å². The zero-order valence-corrected chi connectivity index (χ0v) is 16.8. The van der Waals surface area contributed by atoms with Crippen molar-refractivity contribution in [3.63, 3.8) is 0 Å². The minimum absolute atomic E-state index is 0.931. The molecule has 0 radical (unpaired) electrons. The van der Waals surface area contributed by atoms with Crippen molar-refractivity contribution in [1.82, 2.24) is 0 Å². The molecule has 26 heavy (non-hydrogen) atoms. The molecule has 0 unspecified atom stereocenters. The van der Waals surface area contributed by atoms with Gasteiger partial charge in [-0.1, -0.05) is 89.1 Å². The molecule has 0 aliphatic rings. The molecule has 2 rings (SSSR count). The summed E-state index contributed by atoms with van der Waals surface area (Å²) in [6.07, 6.45) is 14.2. The maximum absolute atomic E-state index is 6.24. The van der Waals surface area contributed by atoms with E-state index in [9.17, 15) is 0 Å². The number of unbranched alkanes of at least 4 members (excludes halogenated alkanes) is 7. The third-order valence-electron chi connectivity index (χ3n) is 5.03. The number of ether oxygens (including phenoxy) is 1. The number of hydrogen-bond acceptors (Lipinski definition) is 1. The summed E-state index contributed by atoms with van der Waals surface area (Å²) in [6, 6.07) is 16.8. The van der Waals surface area contributed by atoms with Crippen molar-refractivity contribution in [2.75, 3.05) is 0 Å². The molecule has 1 heteroatoms. The van der Waals surface area contributed by atoms with Crippen LogP contribution < -0.4 is 4.74 Å². The Kier molecular flexibility index (Phi) is 9.94. The molecule has 2 aromatic rings. The molecule has 0 aromatic heterocycles. The molecule has 0 bridgehead atoms. The molecule has 0 heterocycles. The first-order chi connectivity index (χ1) is 12.8. The van der Waals surface area contributed by atoms with Gasteiger partial charge in [-0.05, 0) is 55.0 Å². The van der Waals surface area contributed by atoms with Gasteiger partial charge in [0.2, 0.25) is 0 Å². The highest BCUT2D eigenvalue weighted by molar-refractivity contribution is 5.43. The van der Waals surface area contributed by atoms with Crippen LogP contribution in [0.25, 0.3) is 0 Å². The predicted octanol–water partition coefficient (Wildman–Crippen LogP) is 8.11. The van der Waals surface area contributed by atoms with E-state index >= 15 is 0 Å². The van der Waals surface area contributed by atoms with Crippen LogP contribution in [0.1, 0.15) is 82.8 Å². The number of hydrogen-bond donors (Lipinski definition) is 0. The Labute approximate surface area is 160 Å². The van der Waals surface area contributed by atoms with E-state index in [2.05, 4.69) is 32.0 Å². The number of benzene rings is 2. The third kappa shape index (κ3) is 7.23. The van der Waals surface area contributed by atoms with Crippen LogP contribution in [0.5, 0.6) is 11.5 Å². The summed E-state index contributed by atoms with van der Waals surface area (Å²) < 4.78 is 6.24. The van der Waals surface area contributed by atoms with Gasteiger partial charge in [0.25, 0.3) is 0 Å². The lowest BCUT2D eigenvalue weighted by atomic mass is 9.96. The molecule has 0 amide bonds. The van der Waals surface area contributed by atoms with Crippen LogP contribution in [0, 0.1) is 0 Å². The summed E-state index contributed by atoms with van der Waals surface area (Å²) in [5.74, 6) is 1.98. The second-order valence-electron chi connectivity index (χ2n) is 7.28. The molecule has 0 atom stereocenters. The lowest BCUT2D eigenvalue weighted by molar-refractivity contribution is 0.472. The Morgan fingerprint density at radius 3 is 2.04 bits per heavy atom. The first-order valence-electron chi connectivity index (χ1n) is 10.7. The molecular formula is C25H36O. The van der Waals surface area contributed by atoms with Gasteiger partial charge >= 0.3 is 0 Å². The van der Waals surface area contributed by atoms with E-state index in [0.29, 0.717) is 0 Å². The van der Waals surface area contributed by atoms with Gasteiger partial charge in [0.1, 0.15) is 11.5 Å².